The van der Waals surface area contributed by atoms with Crippen molar-refractivity contribution in [3.8, 4) is 0 Å². The molecule has 1 rings (SSSR count). The van der Waals surface area contributed by atoms with E-state index in [0.29, 0.717) is 39.4 Å². The predicted octanol–water partition coefficient (Wildman–Crippen LogP) is 0.0296. The molecule has 1 saturated carbocycles. The van der Waals surface area contributed by atoms with Crippen LogP contribution in [-0.2, 0) is 23.9 Å². The first-order chi connectivity index (χ1) is 10.5. The molecule has 0 heterocycles. The zero-order chi connectivity index (χ0) is 16.4. The number of ketones is 1. The number of nitrogens with one attached hydrogen (secondary N) is 2. The summed E-state index contributed by atoms with van der Waals surface area (Å²) in [6.45, 7) is 5.19. The molecule has 0 saturated heterocycles. The average molecular weight is 314 g/mol. The van der Waals surface area contributed by atoms with Crippen LogP contribution in [0.3, 0.4) is 0 Å². The van der Waals surface area contributed by atoms with Gasteiger partial charge in [0.15, 0.2) is 0 Å². The van der Waals surface area contributed by atoms with Gasteiger partial charge in [-0.25, -0.2) is 0 Å². The van der Waals surface area contributed by atoms with Crippen LogP contribution >= 0.6 is 0 Å². The van der Waals surface area contributed by atoms with Crippen LogP contribution in [-0.4, -0.2) is 56.6 Å². The molecule has 0 aromatic heterocycles. The SMILES string of the molecule is CC(=O)NCCOCCOCCC(=O)NC1CC(C(C)=O)C1. The average Bonchev–Trinajstić information content (AvgIpc) is 2.39. The van der Waals surface area contributed by atoms with Gasteiger partial charge < -0.3 is 20.1 Å². The van der Waals surface area contributed by atoms with E-state index in [1.165, 1.54) is 6.92 Å². The van der Waals surface area contributed by atoms with Crippen molar-refractivity contribution in [3.05, 3.63) is 0 Å². The van der Waals surface area contributed by atoms with E-state index in [4.69, 9.17) is 9.47 Å². The molecule has 0 radical (unpaired) electrons. The van der Waals surface area contributed by atoms with Gasteiger partial charge in [0.2, 0.25) is 11.8 Å². The first-order valence-corrected chi connectivity index (χ1v) is 7.68. The topological polar surface area (TPSA) is 93.7 Å². The van der Waals surface area contributed by atoms with E-state index in [-0.39, 0.29) is 29.6 Å². The summed E-state index contributed by atoms with van der Waals surface area (Å²) in [5, 5.41) is 5.51. The highest BCUT2D eigenvalue weighted by Gasteiger charge is 2.32. The Hall–Kier alpha value is -1.47. The van der Waals surface area contributed by atoms with Gasteiger partial charge in [-0.1, -0.05) is 0 Å². The Bertz CT molecular complexity index is 380. The molecule has 0 bridgehead atoms. The van der Waals surface area contributed by atoms with Gasteiger partial charge in [-0.15, -0.1) is 0 Å². The number of Topliss-reactive ketones (excluding diaryl/α,β-unsaturated/α-hetero) is 1. The summed E-state index contributed by atoms with van der Waals surface area (Å²) < 4.78 is 10.5. The van der Waals surface area contributed by atoms with Gasteiger partial charge in [0.05, 0.1) is 26.4 Å². The zero-order valence-corrected chi connectivity index (χ0v) is 13.4. The lowest BCUT2D eigenvalue weighted by atomic mass is 9.78. The van der Waals surface area contributed by atoms with Crippen LogP contribution in [0.25, 0.3) is 0 Å². The molecule has 2 N–H and O–H groups in total. The van der Waals surface area contributed by atoms with Crippen LogP contribution in [0.1, 0.15) is 33.1 Å². The summed E-state index contributed by atoms with van der Waals surface area (Å²) in [5.41, 5.74) is 0. The number of hydrogen-bond donors (Lipinski definition) is 2. The van der Waals surface area contributed by atoms with Crippen LogP contribution in [0.2, 0.25) is 0 Å². The maximum Gasteiger partial charge on any atom is 0.222 e. The second kappa shape index (κ2) is 10.3. The van der Waals surface area contributed by atoms with Crippen LogP contribution in [0, 0.1) is 5.92 Å². The molecule has 22 heavy (non-hydrogen) atoms. The fraction of sp³-hybridized carbons (Fsp3) is 0.800. The molecule has 7 nitrogen and oxygen atoms in total. The summed E-state index contributed by atoms with van der Waals surface area (Å²) >= 11 is 0. The lowest BCUT2D eigenvalue weighted by molar-refractivity contribution is -0.128. The molecule has 0 atom stereocenters. The highest BCUT2D eigenvalue weighted by molar-refractivity contribution is 5.80. The first-order valence-electron chi connectivity index (χ1n) is 7.68. The normalized spacial score (nSPS) is 20.1. The van der Waals surface area contributed by atoms with Crippen molar-refractivity contribution in [2.24, 2.45) is 5.92 Å². The highest BCUT2D eigenvalue weighted by Crippen LogP contribution is 2.27. The third-order valence-electron chi connectivity index (χ3n) is 3.54. The molecule has 2 amide bonds. The van der Waals surface area contributed by atoms with Crippen molar-refractivity contribution >= 4 is 17.6 Å². The van der Waals surface area contributed by atoms with Gasteiger partial charge in [-0.2, -0.15) is 0 Å². The van der Waals surface area contributed by atoms with Crippen molar-refractivity contribution in [2.75, 3.05) is 33.0 Å². The van der Waals surface area contributed by atoms with E-state index < -0.39 is 0 Å². The highest BCUT2D eigenvalue weighted by atomic mass is 16.5. The zero-order valence-electron chi connectivity index (χ0n) is 13.4. The lowest BCUT2D eigenvalue weighted by Crippen LogP contribution is -2.46. The standard InChI is InChI=1S/C15H26N2O5/c1-11(18)13-9-14(10-13)17-15(20)3-5-21-7-8-22-6-4-16-12(2)19/h13-14H,3-10H2,1-2H3,(H,16,19)(H,17,20). The van der Waals surface area contributed by atoms with E-state index in [9.17, 15) is 14.4 Å². The molecule has 0 unspecified atom stereocenters. The Morgan fingerprint density at radius 3 is 2.23 bits per heavy atom. The minimum absolute atomic E-state index is 0.0430. The van der Waals surface area contributed by atoms with Gasteiger partial charge in [-0.3, -0.25) is 14.4 Å². The minimum atomic E-state index is -0.0769. The first kappa shape index (κ1) is 18.6. The fourth-order valence-corrected chi connectivity index (χ4v) is 2.15. The molecular formula is C15H26N2O5. The Labute approximate surface area is 131 Å². The summed E-state index contributed by atoms with van der Waals surface area (Å²) in [4.78, 5) is 33.3. The number of carbonyl (C=O) groups excluding carboxylic acids is 3. The van der Waals surface area contributed by atoms with E-state index in [1.807, 2.05) is 0 Å². The van der Waals surface area contributed by atoms with Crippen LogP contribution < -0.4 is 10.6 Å². The van der Waals surface area contributed by atoms with Crippen molar-refractivity contribution in [3.63, 3.8) is 0 Å². The molecule has 126 valence electrons. The predicted molar refractivity (Wildman–Crippen MR) is 80.3 cm³/mol. The maximum atomic E-state index is 11.6. The quantitative estimate of drug-likeness (QED) is 0.525. The van der Waals surface area contributed by atoms with Crippen molar-refractivity contribution < 1.29 is 23.9 Å². The molecule has 1 aliphatic rings. The van der Waals surface area contributed by atoms with Crippen LogP contribution in [0.4, 0.5) is 0 Å². The summed E-state index contributed by atoms with van der Waals surface area (Å²) in [7, 11) is 0. The van der Waals surface area contributed by atoms with E-state index in [0.717, 1.165) is 12.8 Å². The Balaban J connectivity index is 1.85. The second-order valence-electron chi connectivity index (χ2n) is 5.50. The van der Waals surface area contributed by atoms with Gasteiger partial charge in [0.25, 0.3) is 0 Å². The monoisotopic (exact) mass is 314 g/mol. The number of carbonyl (C=O) groups is 3. The maximum absolute atomic E-state index is 11.6. The van der Waals surface area contributed by atoms with Crippen molar-refractivity contribution in [2.45, 2.75) is 39.2 Å². The Morgan fingerprint density at radius 1 is 1.00 bits per heavy atom. The molecular weight excluding hydrogens is 288 g/mol. The number of rotatable bonds is 11. The molecule has 1 fully saturated rings. The van der Waals surface area contributed by atoms with E-state index in [1.54, 1.807) is 6.92 Å². The number of amides is 2. The molecule has 7 heteroatoms. The Kier molecular flexibility index (Phi) is 8.69. The van der Waals surface area contributed by atoms with Crippen molar-refractivity contribution in [1.82, 2.24) is 10.6 Å². The third kappa shape index (κ3) is 8.09. The summed E-state index contributed by atoms with van der Waals surface area (Å²) in [6, 6.07) is 0.138. The lowest BCUT2D eigenvalue weighted by Gasteiger charge is -2.34. The number of ether oxygens (including phenoxy) is 2. The number of hydrogen-bond acceptors (Lipinski definition) is 5. The molecule has 0 aliphatic heterocycles. The Morgan fingerprint density at radius 2 is 1.64 bits per heavy atom. The largest absolute Gasteiger partial charge is 0.379 e. The van der Waals surface area contributed by atoms with E-state index >= 15 is 0 Å². The minimum Gasteiger partial charge on any atom is -0.379 e. The van der Waals surface area contributed by atoms with Crippen molar-refractivity contribution in [1.29, 1.82) is 0 Å². The molecule has 0 spiro atoms. The van der Waals surface area contributed by atoms with Gasteiger partial charge in [-0.05, 0) is 19.8 Å². The van der Waals surface area contributed by atoms with Crippen LogP contribution in [0.5, 0.6) is 0 Å². The van der Waals surface area contributed by atoms with Crippen LogP contribution in [0.15, 0.2) is 0 Å². The molecule has 0 aromatic carbocycles. The van der Waals surface area contributed by atoms with Gasteiger partial charge in [0, 0.05) is 31.8 Å². The van der Waals surface area contributed by atoms with Gasteiger partial charge >= 0.3 is 0 Å². The smallest absolute Gasteiger partial charge is 0.222 e. The van der Waals surface area contributed by atoms with E-state index in [2.05, 4.69) is 10.6 Å². The molecule has 0 aromatic rings. The molecule has 1 aliphatic carbocycles. The second-order valence-corrected chi connectivity index (χ2v) is 5.50. The third-order valence-corrected chi connectivity index (χ3v) is 3.54. The fourth-order valence-electron chi connectivity index (χ4n) is 2.15. The summed E-state index contributed by atoms with van der Waals surface area (Å²) in [6.07, 6.45) is 1.82. The summed E-state index contributed by atoms with van der Waals surface area (Å²) in [5.74, 6) is 0.203. The van der Waals surface area contributed by atoms with Gasteiger partial charge in [0.1, 0.15) is 5.78 Å².